The van der Waals surface area contributed by atoms with Gasteiger partial charge >= 0.3 is 0 Å². The normalized spacial score (nSPS) is 23.0. The van der Waals surface area contributed by atoms with Crippen LogP contribution < -0.4 is 10.2 Å². The van der Waals surface area contributed by atoms with E-state index >= 15 is 0 Å². The van der Waals surface area contributed by atoms with E-state index in [1.165, 1.54) is 46.6 Å². The Bertz CT molecular complexity index is 695. The number of benzene rings is 1. The largest absolute Gasteiger partial charge is 0.321 e. The van der Waals surface area contributed by atoms with Crippen molar-refractivity contribution in [3.63, 3.8) is 0 Å². The van der Waals surface area contributed by atoms with Crippen LogP contribution in [0.1, 0.15) is 41.3 Å². The molecule has 0 bridgehead atoms. The fourth-order valence-corrected chi connectivity index (χ4v) is 4.94. The summed E-state index contributed by atoms with van der Waals surface area (Å²) >= 11 is 1.82. The van der Waals surface area contributed by atoms with E-state index in [0.29, 0.717) is 12.6 Å². The molecule has 1 aliphatic heterocycles. The molecule has 1 aromatic heterocycles. The third kappa shape index (κ3) is 3.19. The van der Waals surface area contributed by atoms with Crippen molar-refractivity contribution in [1.29, 1.82) is 0 Å². The van der Waals surface area contributed by atoms with E-state index in [-0.39, 0.29) is 5.91 Å². The molecule has 2 N–H and O–H groups in total. The monoisotopic (exact) mass is 327 g/mol. The third-order valence-corrected chi connectivity index (χ3v) is 6.13. The molecule has 2 heterocycles. The number of anilines is 1. The minimum absolute atomic E-state index is 0.140. The van der Waals surface area contributed by atoms with Gasteiger partial charge in [0.1, 0.15) is 6.04 Å². The number of likely N-dealkylation sites (tertiary alicyclic amines) is 1. The number of thiophene rings is 1. The third-order valence-electron chi connectivity index (χ3n) is 5.14. The molecule has 2 atom stereocenters. The number of carbonyl (C=O) groups is 1. The Hall–Kier alpha value is -1.65. The van der Waals surface area contributed by atoms with E-state index in [1.807, 2.05) is 11.3 Å². The Morgan fingerprint density at radius 2 is 2.13 bits per heavy atom. The molecule has 2 aromatic rings. The van der Waals surface area contributed by atoms with Gasteiger partial charge in [-0.25, -0.2) is 0 Å². The van der Waals surface area contributed by atoms with Crippen LogP contribution in [0.3, 0.4) is 0 Å². The van der Waals surface area contributed by atoms with Crippen molar-refractivity contribution in [2.24, 2.45) is 0 Å². The molecule has 4 rings (SSSR count). The van der Waals surface area contributed by atoms with Crippen molar-refractivity contribution in [2.45, 2.75) is 38.1 Å². The summed E-state index contributed by atoms with van der Waals surface area (Å²) in [6, 6.07) is 11.2. The van der Waals surface area contributed by atoms with Crippen LogP contribution in [0.4, 0.5) is 5.69 Å². The smallest absolute Gasteiger partial charge is 0.279 e. The Labute approximate surface area is 141 Å². The van der Waals surface area contributed by atoms with E-state index in [1.54, 1.807) is 0 Å². The quantitative estimate of drug-likeness (QED) is 0.889. The number of hydrogen-bond acceptors (Lipinski definition) is 2. The number of aryl methyl sites for hydroxylation is 2. The summed E-state index contributed by atoms with van der Waals surface area (Å²) in [5.74, 6) is 0.140. The van der Waals surface area contributed by atoms with E-state index < -0.39 is 0 Å². The molecule has 0 radical (unpaired) electrons. The fraction of sp³-hybridized carbons (Fsp3) is 0.421. The highest BCUT2D eigenvalue weighted by molar-refractivity contribution is 7.10. The van der Waals surface area contributed by atoms with Gasteiger partial charge in [-0.05, 0) is 54.0 Å². The van der Waals surface area contributed by atoms with Crippen molar-refractivity contribution in [1.82, 2.24) is 0 Å². The number of amides is 1. The predicted molar refractivity (Wildman–Crippen MR) is 94.1 cm³/mol. The fourth-order valence-electron chi connectivity index (χ4n) is 4.02. The van der Waals surface area contributed by atoms with Gasteiger partial charge in [-0.3, -0.25) is 4.79 Å². The molecule has 1 fully saturated rings. The van der Waals surface area contributed by atoms with Crippen LogP contribution in [-0.2, 0) is 17.6 Å². The zero-order valence-corrected chi connectivity index (χ0v) is 14.1. The lowest BCUT2D eigenvalue weighted by molar-refractivity contribution is -0.910. The molecule has 1 amide bonds. The second-order valence-electron chi connectivity index (χ2n) is 6.68. The van der Waals surface area contributed by atoms with Crippen LogP contribution in [0, 0.1) is 0 Å². The first-order valence-electron chi connectivity index (χ1n) is 8.59. The molecule has 0 saturated carbocycles. The molecule has 3 nitrogen and oxygen atoms in total. The first-order chi connectivity index (χ1) is 11.3. The molecule has 4 heteroatoms. The number of quaternary nitrogens is 1. The molecular weight excluding hydrogens is 304 g/mol. The van der Waals surface area contributed by atoms with E-state index in [9.17, 15) is 4.79 Å². The highest BCUT2D eigenvalue weighted by atomic mass is 32.1. The highest BCUT2D eigenvalue weighted by Crippen LogP contribution is 2.25. The summed E-state index contributed by atoms with van der Waals surface area (Å²) < 4.78 is 0. The van der Waals surface area contributed by atoms with Crippen molar-refractivity contribution in [3.05, 3.63) is 51.7 Å². The second-order valence-corrected chi connectivity index (χ2v) is 7.66. The first kappa shape index (κ1) is 14.9. The number of rotatable bonds is 4. The molecule has 120 valence electrons. The standard InChI is InChI=1S/C19H22N2OS/c22-19(20-16-9-8-14-4-1-5-15(14)12-16)13-21-10-2-6-17(21)18-7-3-11-23-18/h3,7-9,11-12,17H,1-2,4-6,10,13H2,(H,20,22)/p+1/t17-/m0/s1. The predicted octanol–water partition coefficient (Wildman–Crippen LogP) is 2.60. The second kappa shape index (κ2) is 6.46. The lowest BCUT2D eigenvalue weighted by atomic mass is 10.1. The Balaban J connectivity index is 1.40. The SMILES string of the molecule is O=C(C[NH+]1CCC[C@H]1c1cccs1)Nc1ccc2c(c1)CCC2. The van der Waals surface area contributed by atoms with Crippen LogP contribution in [0.15, 0.2) is 35.7 Å². The van der Waals surface area contributed by atoms with E-state index in [4.69, 9.17) is 0 Å². The lowest BCUT2D eigenvalue weighted by Crippen LogP contribution is -3.11. The number of fused-ring (bicyclic) bond motifs is 1. The molecule has 2 aliphatic rings. The zero-order chi connectivity index (χ0) is 15.6. The molecule has 23 heavy (non-hydrogen) atoms. The number of nitrogens with one attached hydrogen (secondary N) is 2. The minimum atomic E-state index is 0.140. The molecule has 0 spiro atoms. The topological polar surface area (TPSA) is 33.5 Å². The lowest BCUT2D eigenvalue weighted by Gasteiger charge is -2.20. The molecule has 1 aromatic carbocycles. The van der Waals surface area contributed by atoms with E-state index in [2.05, 4.69) is 41.0 Å². The van der Waals surface area contributed by atoms with Crippen molar-refractivity contribution < 1.29 is 9.69 Å². The minimum Gasteiger partial charge on any atom is -0.321 e. The first-order valence-corrected chi connectivity index (χ1v) is 9.47. The van der Waals surface area contributed by atoms with Gasteiger partial charge in [-0.1, -0.05) is 12.1 Å². The molecule has 1 unspecified atom stereocenters. The average molecular weight is 327 g/mol. The number of hydrogen-bond donors (Lipinski definition) is 2. The van der Waals surface area contributed by atoms with Crippen molar-refractivity contribution in [2.75, 3.05) is 18.4 Å². The highest BCUT2D eigenvalue weighted by Gasteiger charge is 2.32. The zero-order valence-electron chi connectivity index (χ0n) is 13.3. The van der Waals surface area contributed by atoms with Crippen LogP contribution in [-0.4, -0.2) is 19.0 Å². The van der Waals surface area contributed by atoms with Gasteiger partial charge in [0.25, 0.3) is 5.91 Å². The van der Waals surface area contributed by atoms with Crippen LogP contribution in [0.25, 0.3) is 0 Å². The average Bonchev–Trinajstić information content (AvgIpc) is 3.27. The summed E-state index contributed by atoms with van der Waals surface area (Å²) in [7, 11) is 0. The summed E-state index contributed by atoms with van der Waals surface area (Å²) in [6.45, 7) is 1.67. The summed E-state index contributed by atoms with van der Waals surface area (Å²) in [4.78, 5) is 15.3. The summed E-state index contributed by atoms with van der Waals surface area (Å²) in [5.41, 5.74) is 3.82. The van der Waals surface area contributed by atoms with Gasteiger partial charge in [0.05, 0.1) is 11.4 Å². The van der Waals surface area contributed by atoms with Gasteiger partial charge in [0.2, 0.25) is 0 Å². The molecular formula is C19H23N2OS+. The molecule has 1 saturated heterocycles. The van der Waals surface area contributed by atoms with Gasteiger partial charge < -0.3 is 10.2 Å². The summed E-state index contributed by atoms with van der Waals surface area (Å²) in [5, 5.41) is 5.24. The Morgan fingerprint density at radius 1 is 1.22 bits per heavy atom. The van der Waals surface area contributed by atoms with Gasteiger partial charge in [0, 0.05) is 18.5 Å². The van der Waals surface area contributed by atoms with Gasteiger partial charge in [-0.2, -0.15) is 0 Å². The maximum Gasteiger partial charge on any atom is 0.279 e. The maximum absolute atomic E-state index is 12.5. The van der Waals surface area contributed by atoms with E-state index in [0.717, 1.165) is 18.7 Å². The molecule has 1 aliphatic carbocycles. The maximum atomic E-state index is 12.5. The Morgan fingerprint density at radius 3 is 3.00 bits per heavy atom. The number of carbonyl (C=O) groups excluding carboxylic acids is 1. The van der Waals surface area contributed by atoms with Crippen molar-refractivity contribution in [3.8, 4) is 0 Å². The van der Waals surface area contributed by atoms with Gasteiger partial charge in [-0.15, -0.1) is 11.3 Å². The Kier molecular flexibility index (Phi) is 4.19. The van der Waals surface area contributed by atoms with Crippen LogP contribution in [0.5, 0.6) is 0 Å². The van der Waals surface area contributed by atoms with Crippen LogP contribution in [0.2, 0.25) is 0 Å². The van der Waals surface area contributed by atoms with Crippen molar-refractivity contribution >= 4 is 22.9 Å². The summed E-state index contributed by atoms with van der Waals surface area (Å²) in [6.07, 6.45) is 5.99. The van der Waals surface area contributed by atoms with Gasteiger partial charge in [0.15, 0.2) is 6.54 Å². The van der Waals surface area contributed by atoms with Crippen LogP contribution >= 0.6 is 11.3 Å².